The van der Waals surface area contributed by atoms with Gasteiger partial charge >= 0.3 is 12.3 Å². The number of aliphatic carboxylic acids is 1. The standard InChI is InChI=1S/C23H20F3NO4S/c1-15-7-10-18(11-8-15)32(30)27-20(14-22(28)29)17-9-12-21(31-23(24,25)26)19(13-17)16-5-3-2-4-6-16/h2-13,20,27H,14H2,1H3,(H,28,29)/t20?,32-/m1/s1. The van der Waals surface area contributed by atoms with Crippen LogP contribution in [0.2, 0.25) is 0 Å². The summed E-state index contributed by atoms with van der Waals surface area (Å²) >= 11 is -1.74. The van der Waals surface area contributed by atoms with Gasteiger partial charge in [0, 0.05) is 5.56 Å². The first-order valence-corrected chi connectivity index (χ1v) is 10.7. The zero-order valence-electron chi connectivity index (χ0n) is 16.9. The van der Waals surface area contributed by atoms with Crippen LogP contribution in [0.3, 0.4) is 0 Å². The Morgan fingerprint density at radius 2 is 1.75 bits per heavy atom. The van der Waals surface area contributed by atoms with Gasteiger partial charge in [0.25, 0.3) is 0 Å². The van der Waals surface area contributed by atoms with Crippen LogP contribution in [-0.2, 0) is 16.2 Å². The summed E-state index contributed by atoms with van der Waals surface area (Å²) in [4.78, 5) is 11.9. The van der Waals surface area contributed by atoms with Crippen molar-refractivity contribution < 1.29 is 32.4 Å². The van der Waals surface area contributed by atoms with Gasteiger partial charge in [-0.1, -0.05) is 54.1 Å². The molecule has 0 radical (unpaired) electrons. The second-order valence-electron chi connectivity index (χ2n) is 7.02. The number of nitrogens with one attached hydrogen (secondary N) is 1. The van der Waals surface area contributed by atoms with Crippen LogP contribution < -0.4 is 9.46 Å². The molecule has 2 N–H and O–H groups in total. The summed E-state index contributed by atoms with van der Waals surface area (Å²) in [5.74, 6) is -1.57. The van der Waals surface area contributed by atoms with E-state index in [0.29, 0.717) is 16.0 Å². The largest absolute Gasteiger partial charge is 0.593 e. The van der Waals surface area contributed by atoms with E-state index >= 15 is 0 Å². The predicted molar refractivity (Wildman–Crippen MR) is 114 cm³/mol. The number of hydrogen-bond acceptors (Lipinski definition) is 4. The first kappa shape index (κ1) is 23.6. The molecule has 5 nitrogen and oxygen atoms in total. The lowest BCUT2D eigenvalue weighted by Crippen LogP contribution is -2.30. The second-order valence-corrected chi connectivity index (χ2v) is 8.26. The lowest BCUT2D eigenvalue weighted by atomic mass is 9.97. The van der Waals surface area contributed by atoms with E-state index in [1.54, 1.807) is 54.6 Å². The van der Waals surface area contributed by atoms with E-state index in [1.165, 1.54) is 12.1 Å². The van der Waals surface area contributed by atoms with Gasteiger partial charge in [-0.05, 0) is 42.3 Å². The zero-order valence-corrected chi connectivity index (χ0v) is 17.7. The summed E-state index contributed by atoms with van der Waals surface area (Å²) in [5.41, 5.74) is 1.93. The van der Waals surface area contributed by atoms with Crippen molar-refractivity contribution >= 4 is 17.3 Å². The first-order valence-electron chi connectivity index (χ1n) is 9.54. The molecule has 0 aliphatic heterocycles. The van der Waals surface area contributed by atoms with Gasteiger partial charge in [-0.2, -0.15) is 0 Å². The normalized spacial score (nSPS) is 13.4. The van der Waals surface area contributed by atoms with Gasteiger partial charge in [0.15, 0.2) is 4.90 Å². The van der Waals surface area contributed by atoms with Crippen LogP contribution in [0.5, 0.6) is 5.75 Å². The van der Waals surface area contributed by atoms with Crippen molar-refractivity contribution in [3.05, 3.63) is 83.9 Å². The number of ether oxygens (including phenoxy) is 1. The van der Waals surface area contributed by atoms with Gasteiger partial charge in [0.1, 0.15) is 5.75 Å². The summed E-state index contributed by atoms with van der Waals surface area (Å²) in [5, 5.41) is 9.35. The van der Waals surface area contributed by atoms with Crippen LogP contribution in [0.4, 0.5) is 13.2 Å². The van der Waals surface area contributed by atoms with Gasteiger partial charge < -0.3 is 14.4 Å². The fraction of sp³-hybridized carbons (Fsp3) is 0.174. The molecule has 0 amide bonds. The highest BCUT2D eigenvalue weighted by atomic mass is 32.2. The highest BCUT2D eigenvalue weighted by molar-refractivity contribution is 7.89. The second kappa shape index (κ2) is 10.1. The van der Waals surface area contributed by atoms with Gasteiger partial charge in [-0.15, -0.1) is 17.9 Å². The summed E-state index contributed by atoms with van der Waals surface area (Å²) < 4.78 is 58.4. The molecule has 1 unspecified atom stereocenters. The van der Waals surface area contributed by atoms with E-state index in [4.69, 9.17) is 0 Å². The average Bonchev–Trinajstić information content (AvgIpc) is 2.73. The highest BCUT2D eigenvalue weighted by Crippen LogP contribution is 2.36. The molecular weight excluding hydrogens is 443 g/mol. The molecule has 0 aromatic heterocycles. The van der Waals surface area contributed by atoms with Crippen LogP contribution in [0.1, 0.15) is 23.6 Å². The molecule has 168 valence electrons. The van der Waals surface area contributed by atoms with E-state index in [9.17, 15) is 27.6 Å². The van der Waals surface area contributed by atoms with Crippen molar-refractivity contribution in [1.29, 1.82) is 0 Å². The quantitative estimate of drug-likeness (QED) is 0.438. The number of benzene rings is 3. The van der Waals surface area contributed by atoms with Crippen LogP contribution >= 0.6 is 0 Å². The van der Waals surface area contributed by atoms with Crippen LogP contribution in [0.15, 0.2) is 77.7 Å². The monoisotopic (exact) mass is 463 g/mol. The smallest absolute Gasteiger partial charge is 0.573 e. The molecular formula is C23H20F3NO4S. The third-order valence-electron chi connectivity index (χ3n) is 4.58. The molecule has 0 aliphatic rings. The lowest BCUT2D eigenvalue weighted by molar-refractivity contribution is -0.274. The number of carboxylic acids is 1. The average molecular weight is 463 g/mol. The summed E-state index contributed by atoms with van der Waals surface area (Å²) in [6, 6.07) is 18.1. The fourth-order valence-electron chi connectivity index (χ4n) is 3.08. The molecule has 0 fully saturated rings. The van der Waals surface area contributed by atoms with Crippen molar-refractivity contribution in [2.75, 3.05) is 0 Å². The lowest BCUT2D eigenvalue weighted by Gasteiger charge is -2.21. The molecule has 0 saturated heterocycles. The van der Waals surface area contributed by atoms with Crippen LogP contribution in [0.25, 0.3) is 11.1 Å². The topological polar surface area (TPSA) is 81.6 Å². The number of alkyl halides is 3. The molecule has 0 heterocycles. The maximum atomic E-state index is 12.9. The minimum Gasteiger partial charge on any atom is -0.593 e. The minimum atomic E-state index is -4.89. The molecule has 2 atom stereocenters. The van der Waals surface area contributed by atoms with Crippen molar-refractivity contribution in [2.24, 2.45) is 0 Å². The number of halogens is 3. The maximum Gasteiger partial charge on any atom is 0.573 e. The van der Waals surface area contributed by atoms with Crippen LogP contribution in [-0.4, -0.2) is 22.0 Å². The van der Waals surface area contributed by atoms with E-state index in [0.717, 1.165) is 11.6 Å². The van der Waals surface area contributed by atoms with E-state index < -0.39 is 41.9 Å². The Morgan fingerprint density at radius 3 is 2.34 bits per heavy atom. The summed E-state index contributed by atoms with van der Waals surface area (Å²) in [6.07, 6.45) is -5.32. The van der Waals surface area contributed by atoms with E-state index in [-0.39, 0.29) is 5.56 Å². The number of carboxylic acid groups (broad SMARTS) is 1. The van der Waals surface area contributed by atoms with E-state index in [2.05, 4.69) is 9.46 Å². The summed E-state index contributed by atoms with van der Waals surface area (Å²) in [6.45, 7) is 1.88. The Kier molecular flexibility index (Phi) is 7.44. The first-order chi connectivity index (χ1) is 15.1. The molecule has 9 heteroatoms. The molecule has 0 bridgehead atoms. The highest BCUT2D eigenvalue weighted by Gasteiger charge is 2.33. The number of carbonyl (C=O) groups is 1. The third-order valence-corrected chi connectivity index (χ3v) is 5.78. The molecule has 0 aliphatic carbocycles. The number of rotatable bonds is 8. The Labute approximate surface area is 186 Å². The zero-order chi connectivity index (χ0) is 23.3. The Balaban J connectivity index is 1.98. The molecule has 3 rings (SSSR count). The van der Waals surface area contributed by atoms with Crippen molar-refractivity contribution in [3.63, 3.8) is 0 Å². The maximum absolute atomic E-state index is 12.9. The molecule has 0 spiro atoms. The van der Waals surface area contributed by atoms with Crippen molar-refractivity contribution in [1.82, 2.24) is 4.72 Å². The molecule has 32 heavy (non-hydrogen) atoms. The Bertz CT molecular complexity index is 1060. The van der Waals surface area contributed by atoms with Gasteiger partial charge in [0.2, 0.25) is 0 Å². The SMILES string of the molecule is Cc1ccc([S@@+]([O-])NC(CC(=O)O)c2ccc(OC(F)(F)F)c(-c3ccccc3)c2)cc1. The number of hydrogen-bond donors (Lipinski definition) is 2. The van der Waals surface area contributed by atoms with E-state index in [1.807, 2.05) is 6.92 Å². The molecule has 3 aromatic rings. The van der Waals surface area contributed by atoms with Crippen molar-refractivity contribution in [2.45, 2.75) is 30.6 Å². The molecule has 0 saturated carbocycles. The van der Waals surface area contributed by atoms with Crippen molar-refractivity contribution in [3.8, 4) is 16.9 Å². The van der Waals surface area contributed by atoms with Gasteiger partial charge in [-0.25, -0.2) is 0 Å². The Hall–Kier alpha value is -3.01. The third kappa shape index (κ3) is 6.49. The van der Waals surface area contributed by atoms with Gasteiger partial charge in [-0.3, -0.25) is 4.79 Å². The number of aryl methyl sites for hydroxylation is 1. The summed E-state index contributed by atoms with van der Waals surface area (Å²) in [7, 11) is 0. The fourth-order valence-corrected chi connectivity index (χ4v) is 4.08. The predicted octanol–water partition coefficient (Wildman–Crippen LogP) is 5.39. The Morgan fingerprint density at radius 1 is 1.09 bits per heavy atom. The van der Waals surface area contributed by atoms with Gasteiger partial charge in [0.05, 0.1) is 23.8 Å². The molecule has 3 aromatic carbocycles. The van der Waals surface area contributed by atoms with Crippen LogP contribution in [0, 0.1) is 6.92 Å². The minimum absolute atomic E-state index is 0.138.